The zero-order valence-electron chi connectivity index (χ0n) is 18.2. The Morgan fingerprint density at radius 3 is 2.30 bits per heavy atom. The highest BCUT2D eigenvalue weighted by atomic mass is 35.5. The lowest BCUT2D eigenvalue weighted by Gasteiger charge is -2.30. The first-order valence-corrected chi connectivity index (χ1v) is 10.8. The Hall–Kier alpha value is -2.53. The van der Waals surface area contributed by atoms with Crippen LogP contribution in [0, 0.1) is 13.8 Å². The molecule has 0 saturated heterocycles. The molecule has 0 unspecified atom stereocenters. The van der Waals surface area contributed by atoms with E-state index in [1.54, 1.807) is 4.90 Å². The molecule has 0 bridgehead atoms. The Morgan fingerprint density at radius 1 is 1.10 bits per heavy atom. The van der Waals surface area contributed by atoms with Crippen molar-refractivity contribution in [1.82, 2.24) is 10.2 Å². The summed E-state index contributed by atoms with van der Waals surface area (Å²) in [6, 6.07) is 12.7. The van der Waals surface area contributed by atoms with E-state index in [2.05, 4.69) is 5.32 Å². The lowest BCUT2D eigenvalue weighted by atomic mass is 10.1. The average molecular weight is 431 g/mol. The summed E-state index contributed by atoms with van der Waals surface area (Å²) in [5.74, 6) is 0.218. The number of ether oxygens (including phenoxy) is 1. The molecular formula is C24H31ClN2O3. The van der Waals surface area contributed by atoms with Crippen LogP contribution in [0.1, 0.15) is 43.4 Å². The molecule has 1 atom stereocenters. The minimum absolute atomic E-state index is 0.137. The highest BCUT2D eigenvalue weighted by molar-refractivity contribution is 6.32. The first kappa shape index (κ1) is 23.7. The molecule has 0 aromatic heterocycles. The summed E-state index contributed by atoms with van der Waals surface area (Å²) in [4.78, 5) is 27.4. The van der Waals surface area contributed by atoms with Crippen LogP contribution in [0.2, 0.25) is 5.02 Å². The molecule has 0 aliphatic heterocycles. The van der Waals surface area contributed by atoms with Crippen LogP contribution < -0.4 is 10.1 Å². The predicted octanol–water partition coefficient (Wildman–Crippen LogP) is 4.67. The maximum absolute atomic E-state index is 13.1. The van der Waals surface area contributed by atoms with Crippen molar-refractivity contribution < 1.29 is 14.3 Å². The quantitative estimate of drug-likeness (QED) is 0.595. The molecule has 162 valence electrons. The molecule has 0 heterocycles. The Morgan fingerprint density at radius 2 is 1.73 bits per heavy atom. The number of nitrogens with zero attached hydrogens (tertiary/aromatic N) is 1. The molecule has 1 N–H and O–H groups in total. The molecule has 6 heteroatoms. The summed E-state index contributed by atoms with van der Waals surface area (Å²) >= 11 is 6.21. The van der Waals surface area contributed by atoms with E-state index < -0.39 is 6.04 Å². The van der Waals surface area contributed by atoms with Gasteiger partial charge >= 0.3 is 0 Å². The van der Waals surface area contributed by atoms with Crippen LogP contribution in [0.15, 0.2) is 42.5 Å². The standard InChI is InChI=1S/C24H31ClN2O3/c1-5-12-26-24(29)21(6-2)27(15-19-10-8-7-9-11-19)22(28)16-30-20-13-17(3)23(25)18(4)14-20/h7-11,13-14,21H,5-6,12,15-16H2,1-4H3,(H,26,29)/t21-/m1/s1. The van der Waals surface area contributed by atoms with Gasteiger partial charge in [0.15, 0.2) is 6.61 Å². The van der Waals surface area contributed by atoms with Crippen molar-refractivity contribution in [3.8, 4) is 5.75 Å². The molecule has 0 radical (unpaired) electrons. The van der Waals surface area contributed by atoms with E-state index in [1.807, 2.05) is 70.2 Å². The van der Waals surface area contributed by atoms with Crippen LogP contribution in [-0.2, 0) is 16.1 Å². The smallest absolute Gasteiger partial charge is 0.261 e. The number of halogens is 1. The third-order valence-electron chi connectivity index (χ3n) is 4.90. The van der Waals surface area contributed by atoms with Crippen molar-refractivity contribution in [2.24, 2.45) is 0 Å². The third kappa shape index (κ3) is 6.49. The molecule has 0 aliphatic rings. The summed E-state index contributed by atoms with van der Waals surface area (Å²) in [5, 5.41) is 3.60. The van der Waals surface area contributed by atoms with Crippen molar-refractivity contribution >= 4 is 23.4 Å². The fraction of sp³-hybridized carbons (Fsp3) is 0.417. The van der Waals surface area contributed by atoms with Gasteiger partial charge in [-0.05, 0) is 55.5 Å². The zero-order valence-corrected chi connectivity index (χ0v) is 19.0. The molecule has 30 heavy (non-hydrogen) atoms. The Labute approximate surface area is 184 Å². The number of carbonyl (C=O) groups excluding carboxylic acids is 2. The van der Waals surface area contributed by atoms with E-state index in [4.69, 9.17) is 16.3 Å². The maximum atomic E-state index is 13.1. The number of rotatable bonds is 10. The lowest BCUT2D eigenvalue weighted by Crippen LogP contribution is -2.50. The van der Waals surface area contributed by atoms with E-state index in [0.717, 1.165) is 23.1 Å². The first-order valence-electron chi connectivity index (χ1n) is 10.4. The van der Waals surface area contributed by atoms with E-state index in [-0.39, 0.29) is 18.4 Å². The van der Waals surface area contributed by atoms with Gasteiger partial charge in [0.25, 0.3) is 5.91 Å². The van der Waals surface area contributed by atoms with Crippen LogP contribution in [0.5, 0.6) is 5.75 Å². The molecule has 0 aliphatic carbocycles. The Kier molecular flexibility index (Phi) is 9.18. The van der Waals surface area contributed by atoms with Gasteiger partial charge in [-0.2, -0.15) is 0 Å². The normalized spacial score (nSPS) is 11.6. The number of carbonyl (C=O) groups is 2. The van der Waals surface area contributed by atoms with E-state index >= 15 is 0 Å². The van der Waals surface area contributed by atoms with Crippen molar-refractivity contribution in [3.05, 3.63) is 64.2 Å². The number of nitrogens with one attached hydrogen (secondary N) is 1. The van der Waals surface area contributed by atoms with E-state index in [1.165, 1.54) is 0 Å². The van der Waals surface area contributed by atoms with E-state index in [0.29, 0.717) is 30.3 Å². The van der Waals surface area contributed by atoms with Crippen LogP contribution in [0.3, 0.4) is 0 Å². The van der Waals surface area contributed by atoms with Gasteiger partial charge in [-0.1, -0.05) is 55.8 Å². The molecule has 0 fully saturated rings. The van der Waals surface area contributed by atoms with Gasteiger partial charge in [0.1, 0.15) is 11.8 Å². The number of aryl methyl sites for hydroxylation is 2. The van der Waals surface area contributed by atoms with Crippen molar-refractivity contribution in [2.75, 3.05) is 13.2 Å². The molecule has 2 amide bonds. The van der Waals surface area contributed by atoms with Gasteiger partial charge in [0.2, 0.25) is 5.91 Å². The fourth-order valence-electron chi connectivity index (χ4n) is 3.28. The lowest BCUT2D eigenvalue weighted by molar-refractivity contribution is -0.143. The van der Waals surface area contributed by atoms with Gasteiger partial charge in [0, 0.05) is 18.1 Å². The highest BCUT2D eigenvalue weighted by Gasteiger charge is 2.28. The van der Waals surface area contributed by atoms with Crippen molar-refractivity contribution in [3.63, 3.8) is 0 Å². The fourth-order valence-corrected chi connectivity index (χ4v) is 3.39. The summed E-state index contributed by atoms with van der Waals surface area (Å²) in [6.07, 6.45) is 1.36. The Balaban J connectivity index is 2.19. The molecule has 2 rings (SSSR count). The summed E-state index contributed by atoms with van der Waals surface area (Å²) in [6.45, 7) is 8.49. The van der Waals surface area contributed by atoms with Crippen LogP contribution in [0.4, 0.5) is 0 Å². The molecule has 5 nitrogen and oxygen atoms in total. The molecule has 2 aromatic rings. The zero-order chi connectivity index (χ0) is 22.1. The monoisotopic (exact) mass is 430 g/mol. The second-order valence-electron chi connectivity index (χ2n) is 7.38. The number of amides is 2. The van der Waals surface area contributed by atoms with Gasteiger partial charge in [-0.25, -0.2) is 0 Å². The SMILES string of the molecule is CCCNC(=O)[C@@H](CC)N(Cc1ccccc1)C(=O)COc1cc(C)c(Cl)c(C)c1. The summed E-state index contributed by atoms with van der Waals surface area (Å²) in [7, 11) is 0. The number of hydrogen-bond donors (Lipinski definition) is 1. The van der Waals surface area contributed by atoms with Crippen molar-refractivity contribution in [2.45, 2.75) is 53.1 Å². The Bertz CT molecular complexity index is 832. The second-order valence-corrected chi connectivity index (χ2v) is 7.76. The van der Waals surface area contributed by atoms with Gasteiger partial charge in [-0.15, -0.1) is 0 Å². The van der Waals surface area contributed by atoms with Gasteiger partial charge in [-0.3, -0.25) is 9.59 Å². The largest absolute Gasteiger partial charge is 0.484 e. The minimum Gasteiger partial charge on any atom is -0.484 e. The predicted molar refractivity (Wildman–Crippen MR) is 121 cm³/mol. The van der Waals surface area contributed by atoms with Crippen LogP contribution >= 0.6 is 11.6 Å². The molecular weight excluding hydrogens is 400 g/mol. The molecule has 0 spiro atoms. The number of hydrogen-bond acceptors (Lipinski definition) is 3. The highest BCUT2D eigenvalue weighted by Crippen LogP contribution is 2.26. The topological polar surface area (TPSA) is 58.6 Å². The van der Waals surface area contributed by atoms with E-state index in [9.17, 15) is 9.59 Å². The van der Waals surface area contributed by atoms with Gasteiger partial charge < -0.3 is 15.0 Å². The minimum atomic E-state index is -0.554. The van der Waals surface area contributed by atoms with Crippen LogP contribution in [-0.4, -0.2) is 35.9 Å². The first-order chi connectivity index (χ1) is 14.4. The van der Waals surface area contributed by atoms with Crippen LogP contribution in [0.25, 0.3) is 0 Å². The number of benzene rings is 2. The second kappa shape index (κ2) is 11.6. The summed E-state index contributed by atoms with van der Waals surface area (Å²) in [5.41, 5.74) is 2.75. The molecule has 2 aromatic carbocycles. The third-order valence-corrected chi connectivity index (χ3v) is 5.50. The molecule has 0 saturated carbocycles. The average Bonchev–Trinajstić information content (AvgIpc) is 2.74. The summed E-state index contributed by atoms with van der Waals surface area (Å²) < 4.78 is 5.78. The maximum Gasteiger partial charge on any atom is 0.261 e. The van der Waals surface area contributed by atoms with Gasteiger partial charge in [0.05, 0.1) is 0 Å². The van der Waals surface area contributed by atoms with Crippen molar-refractivity contribution in [1.29, 1.82) is 0 Å².